The van der Waals surface area contributed by atoms with Crippen LogP contribution in [0.2, 0.25) is 0 Å². The zero-order valence-corrected chi connectivity index (χ0v) is 8.25. The Morgan fingerprint density at radius 3 is 1.14 bits per heavy atom. The summed E-state index contributed by atoms with van der Waals surface area (Å²) < 4.78 is 0. The first-order valence-electron chi connectivity index (χ1n) is 4.52. The maximum Gasteiger partial charge on any atom is 0.127 e. The molecule has 0 aromatic rings. The fraction of sp³-hybridized carbons (Fsp3) is 0.600. The maximum absolute atomic E-state index is 9.75. The lowest BCUT2D eigenvalue weighted by molar-refractivity contribution is -0.0185. The molecule has 0 bridgehead atoms. The molecule has 1 aliphatic carbocycles. The van der Waals surface area contributed by atoms with Crippen LogP contribution in [0.3, 0.4) is 0 Å². The minimum atomic E-state index is -1.46. The Morgan fingerprint density at radius 1 is 0.786 bits per heavy atom. The number of aliphatic hydroxyl groups is 4. The van der Waals surface area contributed by atoms with Gasteiger partial charge in [0.05, 0.1) is 12.2 Å². The van der Waals surface area contributed by atoms with E-state index >= 15 is 0 Å². The van der Waals surface area contributed by atoms with Crippen LogP contribution in [0.15, 0.2) is 24.3 Å². The first kappa shape index (κ1) is 11.4. The third-order valence-electron chi connectivity index (χ3n) is 2.57. The van der Waals surface area contributed by atoms with Gasteiger partial charge in [0.25, 0.3) is 0 Å². The zero-order chi connectivity index (χ0) is 11.0. The van der Waals surface area contributed by atoms with Gasteiger partial charge in [-0.1, -0.05) is 0 Å². The molecule has 4 heteroatoms. The Kier molecular flexibility index (Phi) is 2.83. The molecule has 0 saturated carbocycles. The first-order chi connectivity index (χ1) is 6.30. The van der Waals surface area contributed by atoms with Crippen LogP contribution < -0.4 is 0 Å². The van der Waals surface area contributed by atoms with Crippen LogP contribution in [0.25, 0.3) is 0 Å². The number of aliphatic hydroxyl groups excluding tert-OH is 2. The van der Waals surface area contributed by atoms with Crippen molar-refractivity contribution in [2.75, 3.05) is 0 Å². The van der Waals surface area contributed by atoms with E-state index in [1.54, 1.807) is 0 Å². The average molecular weight is 200 g/mol. The van der Waals surface area contributed by atoms with Gasteiger partial charge in [0, 0.05) is 0 Å². The van der Waals surface area contributed by atoms with E-state index in [0.29, 0.717) is 0 Å². The largest absolute Gasteiger partial charge is 0.390 e. The Hall–Kier alpha value is -0.680. The SMILES string of the molecule is CC(O)C1(O)C=CC(O)(C(C)O)C=C1. The third kappa shape index (κ3) is 1.88. The molecule has 0 amide bonds. The molecule has 0 aromatic heterocycles. The fourth-order valence-corrected chi connectivity index (χ4v) is 1.20. The number of hydrogen-bond donors (Lipinski definition) is 4. The summed E-state index contributed by atoms with van der Waals surface area (Å²) in [5.41, 5.74) is -2.91. The van der Waals surface area contributed by atoms with E-state index in [9.17, 15) is 20.4 Å². The molecule has 2 unspecified atom stereocenters. The molecular weight excluding hydrogens is 184 g/mol. The quantitative estimate of drug-likeness (QED) is 0.446. The summed E-state index contributed by atoms with van der Waals surface area (Å²) in [5, 5.41) is 38.0. The molecule has 0 aromatic carbocycles. The monoisotopic (exact) mass is 200 g/mol. The highest BCUT2D eigenvalue weighted by Crippen LogP contribution is 2.26. The van der Waals surface area contributed by atoms with Gasteiger partial charge in [0.15, 0.2) is 0 Å². The highest BCUT2D eigenvalue weighted by Gasteiger charge is 2.36. The molecule has 0 saturated heterocycles. The van der Waals surface area contributed by atoms with Crippen molar-refractivity contribution in [2.24, 2.45) is 0 Å². The summed E-state index contributed by atoms with van der Waals surface area (Å²) in [6, 6.07) is 0. The van der Waals surface area contributed by atoms with E-state index in [2.05, 4.69) is 0 Å². The predicted molar refractivity (Wildman–Crippen MR) is 51.5 cm³/mol. The van der Waals surface area contributed by atoms with Gasteiger partial charge >= 0.3 is 0 Å². The lowest BCUT2D eigenvalue weighted by atomic mass is 9.84. The normalized spacial score (nSPS) is 41.0. The predicted octanol–water partition coefficient (Wildman–Crippen LogP) is -0.664. The zero-order valence-electron chi connectivity index (χ0n) is 8.25. The molecule has 0 aliphatic heterocycles. The van der Waals surface area contributed by atoms with Crippen molar-refractivity contribution in [2.45, 2.75) is 37.3 Å². The number of rotatable bonds is 2. The van der Waals surface area contributed by atoms with Crippen molar-refractivity contribution in [3.8, 4) is 0 Å². The van der Waals surface area contributed by atoms with E-state index < -0.39 is 23.4 Å². The fourth-order valence-electron chi connectivity index (χ4n) is 1.20. The van der Waals surface area contributed by atoms with Gasteiger partial charge in [-0.15, -0.1) is 0 Å². The molecule has 1 aliphatic rings. The lowest BCUT2D eigenvalue weighted by Crippen LogP contribution is -2.44. The molecule has 14 heavy (non-hydrogen) atoms. The van der Waals surface area contributed by atoms with E-state index in [0.717, 1.165) is 0 Å². The topological polar surface area (TPSA) is 80.9 Å². The minimum Gasteiger partial charge on any atom is -0.390 e. The summed E-state index contributed by atoms with van der Waals surface area (Å²) in [6.45, 7) is 2.89. The standard InChI is InChI=1S/C10H16O4/c1-7(11)9(13)3-5-10(14,6-4-9)8(2)12/h3-8,11-14H,1-2H3. The summed E-state index contributed by atoms with van der Waals surface area (Å²) in [6.07, 6.45) is 3.20. The van der Waals surface area contributed by atoms with Crippen molar-refractivity contribution in [1.29, 1.82) is 0 Å². The van der Waals surface area contributed by atoms with Gasteiger partial charge in [0.1, 0.15) is 11.2 Å². The Labute approximate surface area is 82.8 Å². The Balaban J connectivity index is 2.89. The molecule has 4 N–H and O–H groups in total. The van der Waals surface area contributed by atoms with E-state index in [-0.39, 0.29) is 0 Å². The second kappa shape index (κ2) is 3.47. The van der Waals surface area contributed by atoms with Crippen LogP contribution >= 0.6 is 0 Å². The van der Waals surface area contributed by atoms with Gasteiger partial charge in [-0.25, -0.2) is 0 Å². The van der Waals surface area contributed by atoms with Crippen molar-refractivity contribution in [3.05, 3.63) is 24.3 Å². The molecule has 80 valence electrons. The van der Waals surface area contributed by atoms with E-state index in [1.807, 2.05) is 0 Å². The molecule has 1 rings (SSSR count). The van der Waals surface area contributed by atoms with Crippen LogP contribution in [-0.4, -0.2) is 43.8 Å². The van der Waals surface area contributed by atoms with Crippen LogP contribution in [0, 0.1) is 0 Å². The van der Waals surface area contributed by atoms with E-state index in [4.69, 9.17) is 0 Å². The Bertz CT molecular complexity index is 225. The summed E-state index contributed by atoms with van der Waals surface area (Å²) in [4.78, 5) is 0. The molecular formula is C10H16O4. The lowest BCUT2D eigenvalue weighted by Gasteiger charge is -2.33. The summed E-state index contributed by atoms with van der Waals surface area (Å²) >= 11 is 0. The van der Waals surface area contributed by atoms with Crippen LogP contribution in [-0.2, 0) is 0 Å². The molecule has 0 spiro atoms. The van der Waals surface area contributed by atoms with Crippen LogP contribution in [0.5, 0.6) is 0 Å². The van der Waals surface area contributed by atoms with Crippen LogP contribution in [0.1, 0.15) is 13.8 Å². The average Bonchev–Trinajstić information content (AvgIpc) is 2.10. The van der Waals surface area contributed by atoms with Crippen molar-refractivity contribution in [3.63, 3.8) is 0 Å². The van der Waals surface area contributed by atoms with Crippen molar-refractivity contribution >= 4 is 0 Å². The van der Waals surface area contributed by atoms with Crippen molar-refractivity contribution in [1.82, 2.24) is 0 Å². The maximum atomic E-state index is 9.75. The third-order valence-corrected chi connectivity index (χ3v) is 2.57. The highest BCUT2D eigenvalue weighted by molar-refractivity contribution is 5.31. The molecule has 2 atom stereocenters. The molecule has 0 heterocycles. The smallest absolute Gasteiger partial charge is 0.127 e. The highest BCUT2D eigenvalue weighted by atomic mass is 16.3. The second-order valence-electron chi connectivity index (χ2n) is 3.79. The number of hydrogen-bond acceptors (Lipinski definition) is 4. The first-order valence-corrected chi connectivity index (χ1v) is 4.52. The Morgan fingerprint density at radius 2 is 1.00 bits per heavy atom. The van der Waals surface area contributed by atoms with Gasteiger partial charge in [0.2, 0.25) is 0 Å². The minimum absolute atomic E-state index is 0.964. The molecule has 4 nitrogen and oxygen atoms in total. The summed E-state index contributed by atoms with van der Waals surface area (Å²) in [7, 11) is 0. The van der Waals surface area contributed by atoms with Gasteiger partial charge in [-0.05, 0) is 38.2 Å². The van der Waals surface area contributed by atoms with Gasteiger partial charge in [-0.3, -0.25) is 0 Å². The van der Waals surface area contributed by atoms with Gasteiger partial charge in [-0.2, -0.15) is 0 Å². The molecule has 0 fully saturated rings. The molecule has 0 radical (unpaired) electrons. The van der Waals surface area contributed by atoms with Crippen molar-refractivity contribution < 1.29 is 20.4 Å². The second-order valence-corrected chi connectivity index (χ2v) is 3.79. The van der Waals surface area contributed by atoms with Gasteiger partial charge < -0.3 is 20.4 Å². The van der Waals surface area contributed by atoms with E-state index in [1.165, 1.54) is 38.2 Å². The summed E-state index contributed by atoms with van der Waals surface area (Å²) in [5.74, 6) is 0. The van der Waals surface area contributed by atoms with Crippen LogP contribution in [0.4, 0.5) is 0 Å².